The molecule has 1 aliphatic heterocycles. The van der Waals surface area contributed by atoms with E-state index in [1.807, 2.05) is 0 Å². The molecule has 1 aliphatic rings. The van der Waals surface area contributed by atoms with Gasteiger partial charge in [0.2, 0.25) is 0 Å². The number of ether oxygens (including phenoxy) is 2. The van der Waals surface area contributed by atoms with Crippen LogP contribution in [0.1, 0.15) is 27.9 Å². The molecule has 0 saturated carbocycles. The summed E-state index contributed by atoms with van der Waals surface area (Å²) in [5.41, 5.74) is -0.394. The summed E-state index contributed by atoms with van der Waals surface area (Å²) in [6, 6.07) is 17.2. The molecule has 1 unspecified atom stereocenters. The Balaban J connectivity index is 1.63. The highest BCUT2D eigenvalue weighted by molar-refractivity contribution is 6.10. The normalized spacial score (nSPS) is 16.8. The Morgan fingerprint density at radius 2 is 1.71 bits per heavy atom. The molecule has 0 aliphatic carbocycles. The number of methoxy groups -OCH3 is 2. The number of aliphatic hydroxyl groups is 1. The van der Waals surface area contributed by atoms with Gasteiger partial charge in [0.1, 0.15) is 0 Å². The van der Waals surface area contributed by atoms with E-state index >= 15 is 0 Å². The second-order valence-corrected chi connectivity index (χ2v) is 7.86. The Kier molecular flexibility index (Phi) is 6.04. The van der Waals surface area contributed by atoms with Gasteiger partial charge in [0.25, 0.3) is 11.6 Å². The summed E-state index contributed by atoms with van der Waals surface area (Å²) in [4.78, 5) is 38.3. The van der Waals surface area contributed by atoms with Crippen molar-refractivity contribution < 1.29 is 29.1 Å². The van der Waals surface area contributed by atoms with Crippen LogP contribution in [-0.2, 0) is 16.9 Å². The van der Waals surface area contributed by atoms with Crippen LogP contribution < -0.4 is 14.4 Å². The molecule has 0 bridgehead atoms. The maximum atomic E-state index is 13.4. The number of rotatable bonds is 8. The third kappa shape index (κ3) is 3.97. The molecule has 1 amide bonds. The predicted octanol–water partition coefficient (Wildman–Crippen LogP) is 3.62. The van der Waals surface area contributed by atoms with Gasteiger partial charge in [-0.15, -0.1) is 0 Å². The molecule has 0 saturated heterocycles. The topological polar surface area (TPSA) is 119 Å². The highest BCUT2D eigenvalue weighted by atomic mass is 16.6. The molecule has 0 fully saturated rings. The minimum absolute atomic E-state index is 0.0612. The van der Waals surface area contributed by atoms with E-state index in [1.54, 1.807) is 48.5 Å². The quantitative estimate of drug-likeness (QED) is 0.308. The number of Topliss-reactive ketones (excluding diaryl/α,β-unsaturated/α-hetero) is 1. The molecule has 174 valence electrons. The van der Waals surface area contributed by atoms with Gasteiger partial charge in [0.05, 0.1) is 37.8 Å². The van der Waals surface area contributed by atoms with Gasteiger partial charge in [-0.05, 0) is 29.8 Å². The second kappa shape index (κ2) is 8.95. The first-order chi connectivity index (χ1) is 16.3. The molecule has 9 heteroatoms. The van der Waals surface area contributed by atoms with Gasteiger partial charge >= 0.3 is 0 Å². The number of hydrogen-bond donors (Lipinski definition) is 1. The summed E-state index contributed by atoms with van der Waals surface area (Å²) >= 11 is 0. The molecule has 0 radical (unpaired) electrons. The van der Waals surface area contributed by atoms with E-state index in [0.29, 0.717) is 28.3 Å². The largest absolute Gasteiger partial charge is 0.493 e. The molecule has 0 spiro atoms. The van der Waals surface area contributed by atoms with Gasteiger partial charge in [-0.3, -0.25) is 19.7 Å². The van der Waals surface area contributed by atoms with Crippen molar-refractivity contribution in [2.24, 2.45) is 0 Å². The van der Waals surface area contributed by atoms with Crippen molar-refractivity contribution in [1.82, 2.24) is 0 Å². The molecular formula is C25H22N2O7. The number of non-ortho nitro benzene ring substituents is 1. The Bertz CT molecular complexity index is 1270. The van der Waals surface area contributed by atoms with Crippen molar-refractivity contribution in [3.05, 3.63) is 93.5 Å². The fourth-order valence-corrected chi connectivity index (χ4v) is 4.08. The Morgan fingerprint density at radius 3 is 2.35 bits per heavy atom. The second-order valence-electron chi connectivity index (χ2n) is 7.86. The number of anilines is 1. The van der Waals surface area contributed by atoms with E-state index < -0.39 is 28.6 Å². The van der Waals surface area contributed by atoms with Gasteiger partial charge in [-0.25, -0.2) is 0 Å². The van der Waals surface area contributed by atoms with Crippen LogP contribution in [0.2, 0.25) is 0 Å². The lowest BCUT2D eigenvalue weighted by Gasteiger charge is -2.23. The summed E-state index contributed by atoms with van der Waals surface area (Å²) in [7, 11) is 2.93. The number of nitro benzene ring substituents is 1. The maximum absolute atomic E-state index is 13.4. The first-order valence-electron chi connectivity index (χ1n) is 10.4. The molecule has 1 atom stereocenters. The van der Waals surface area contributed by atoms with Crippen molar-refractivity contribution in [3.63, 3.8) is 0 Å². The molecule has 9 nitrogen and oxygen atoms in total. The zero-order valence-electron chi connectivity index (χ0n) is 18.6. The summed E-state index contributed by atoms with van der Waals surface area (Å²) in [5, 5.41) is 22.4. The molecule has 0 aromatic heterocycles. The van der Waals surface area contributed by atoms with Gasteiger partial charge in [0.15, 0.2) is 22.9 Å². The van der Waals surface area contributed by atoms with E-state index in [4.69, 9.17) is 9.47 Å². The van der Waals surface area contributed by atoms with Crippen LogP contribution in [0.5, 0.6) is 11.5 Å². The minimum atomic E-state index is -2.05. The van der Waals surface area contributed by atoms with Gasteiger partial charge in [0, 0.05) is 23.3 Å². The molecule has 34 heavy (non-hydrogen) atoms. The van der Waals surface area contributed by atoms with Crippen LogP contribution in [0.15, 0.2) is 66.7 Å². The van der Waals surface area contributed by atoms with E-state index in [9.17, 15) is 24.8 Å². The van der Waals surface area contributed by atoms with Crippen molar-refractivity contribution in [2.75, 3.05) is 19.1 Å². The molecule has 3 aromatic carbocycles. The number of nitro groups is 1. The van der Waals surface area contributed by atoms with Crippen LogP contribution in [0.25, 0.3) is 0 Å². The SMILES string of the molecule is COc1ccc(C(=O)CC2(O)C(=O)N(Cc3ccc([N+](=O)[O-])cc3)c3ccccc32)cc1OC. The van der Waals surface area contributed by atoms with Gasteiger partial charge < -0.3 is 19.5 Å². The number of benzene rings is 3. The predicted molar refractivity (Wildman–Crippen MR) is 123 cm³/mol. The number of carbonyl (C=O) groups is 2. The summed E-state index contributed by atoms with van der Waals surface area (Å²) in [5.74, 6) is -0.266. The first-order valence-corrected chi connectivity index (χ1v) is 10.4. The lowest BCUT2D eigenvalue weighted by molar-refractivity contribution is -0.384. The maximum Gasteiger partial charge on any atom is 0.269 e. The van der Waals surface area contributed by atoms with Crippen LogP contribution in [0.3, 0.4) is 0 Å². The van der Waals surface area contributed by atoms with Crippen LogP contribution in [0.4, 0.5) is 11.4 Å². The van der Waals surface area contributed by atoms with E-state index in [1.165, 1.54) is 37.3 Å². The zero-order valence-corrected chi connectivity index (χ0v) is 18.6. The smallest absolute Gasteiger partial charge is 0.269 e. The van der Waals surface area contributed by atoms with E-state index in [0.717, 1.165) is 0 Å². The summed E-state index contributed by atoms with van der Waals surface area (Å²) < 4.78 is 10.4. The van der Waals surface area contributed by atoms with Crippen molar-refractivity contribution >= 4 is 23.1 Å². The molecule has 4 rings (SSSR count). The number of para-hydroxylation sites is 1. The standard InChI is InChI=1S/C25H22N2O7/c1-33-22-12-9-17(13-23(22)34-2)21(28)14-25(30)19-5-3-4-6-20(19)26(24(25)29)15-16-7-10-18(11-8-16)27(31)32/h3-13,30H,14-15H2,1-2H3. The first kappa shape index (κ1) is 22.9. The summed E-state index contributed by atoms with van der Waals surface area (Å²) in [6.07, 6.45) is -0.463. The third-order valence-corrected chi connectivity index (χ3v) is 5.85. The Labute approximate surface area is 195 Å². The lowest BCUT2D eigenvalue weighted by atomic mass is 9.88. The van der Waals surface area contributed by atoms with Gasteiger partial charge in [-0.1, -0.05) is 30.3 Å². The molecular weight excluding hydrogens is 440 g/mol. The minimum Gasteiger partial charge on any atom is -0.493 e. The number of ketones is 1. The fraction of sp³-hybridized carbons (Fsp3) is 0.200. The molecule has 3 aromatic rings. The van der Waals surface area contributed by atoms with E-state index in [-0.39, 0.29) is 17.8 Å². The van der Waals surface area contributed by atoms with Crippen molar-refractivity contribution in [2.45, 2.75) is 18.6 Å². The van der Waals surface area contributed by atoms with Crippen LogP contribution in [-0.4, -0.2) is 35.9 Å². The molecule has 1 heterocycles. The number of fused-ring (bicyclic) bond motifs is 1. The number of amides is 1. The monoisotopic (exact) mass is 462 g/mol. The fourth-order valence-electron chi connectivity index (χ4n) is 4.08. The average Bonchev–Trinajstić information content (AvgIpc) is 3.05. The number of hydrogen-bond acceptors (Lipinski definition) is 7. The number of carbonyl (C=O) groups excluding carboxylic acids is 2. The highest BCUT2D eigenvalue weighted by Gasteiger charge is 2.50. The van der Waals surface area contributed by atoms with E-state index in [2.05, 4.69) is 0 Å². The Morgan fingerprint density at radius 1 is 1.03 bits per heavy atom. The average molecular weight is 462 g/mol. The van der Waals surface area contributed by atoms with Gasteiger partial charge in [-0.2, -0.15) is 0 Å². The summed E-state index contributed by atoms with van der Waals surface area (Å²) in [6.45, 7) is 0.0840. The van der Waals surface area contributed by atoms with Crippen molar-refractivity contribution in [3.8, 4) is 11.5 Å². The lowest BCUT2D eigenvalue weighted by Crippen LogP contribution is -2.41. The Hall–Kier alpha value is -4.24. The third-order valence-electron chi connectivity index (χ3n) is 5.85. The van der Waals surface area contributed by atoms with Crippen LogP contribution >= 0.6 is 0 Å². The highest BCUT2D eigenvalue weighted by Crippen LogP contribution is 2.44. The zero-order chi connectivity index (χ0) is 24.5. The van der Waals surface area contributed by atoms with Crippen molar-refractivity contribution in [1.29, 1.82) is 0 Å². The van der Waals surface area contributed by atoms with Crippen LogP contribution in [0, 0.1) is 10.1 Å². The molecule has 1 N–H and O–H groups in total. The number of nitrogens with zero attached hydrogens (tertiary/aromatic N) is 2.